The topological polar surface area (TPSA) is 101 Å². The van der Waals surface area contributed by atoms with Gasteiger partial charge in [0.1, 0.15) is 16.7 Å². The Labute approximate surface area is 189 Å². The molecule has 0 spiro atoms. The molecule has 0 saturated heterocycles. The first kappa shape index (κ1) is 21.0. The maximum Gasteiger partial charge on any atom is 0.263 e. The van der Waals surface area contributed by atoms with Crippen LogP contribution in [0.4, 0.5) is 0 Å². The lowest BCUT2D eigenvalue weighted by atomic mass is 10.2. The molecule has 156 valence electrons. The van der Waals surface area contributed by atoms with Crippen LogP contribution in [0.25, 0.3) is 21.1 Å². The van der Waals surface area contributed by atoms with Crippen LogP contribution < -0.4 is 16.2 Å². The fraction of sp³-hybridized carbons (Fsp3) is 0.0476. The van der Waals surface area contributed by atoms with Gasteiger partial charge in [0, 0.05) is 15.1 Å². The number of hydrazone groups is 1. The van der Waals surface area contributed by atoms with Gasteiger partial charge in [-0.1, -0.05) is 41.4 Å². The molecule has 0 aliphatic carbocycles. The van der Waals surface area contributed by atoms with Crippen LogP contribution in [0, 0.1) is 0 Å². The highest BCUT2D eigenvalue weighted by Gasteiger charge is 2.17. The van der Waals surface area contributed by atoms with Crippen LogP contribution >= 0.6 is 34.5 Å². The second-order valence-corrected chi connectivity index (χ2v) is 8.24. The number of benzene rings is 2. The first-order valence-corrected chi connectivity index (χ1v) is 10.5. The van der Waals surface area contributed by atoms with Gasteiger partial charge in [0.2, 0.25) is 5.43 Å². The van der Waals surface area contributed by atoms with Crippen LogP contribution in [-0.2, 0) is 4.79 Å². The van der Waals surface area contributed by atoms with Crippen molar-refractivity contribution in [2.75, 3.05) is 6.54 Å². The van der Waals surface area contributed by atoms with Crippen LogP contribution in [0.3, 0.4) is 0 Å². The van der Waals surface area contributed by atoms with E-state index in [0.29, 0.717) is 25.9 Å². The third kappa shape index (κ3) is 4.46. The highest BCUT2D eigenvalue weighted by molar-refractivity contribution is 7.21. The van der Waals surface area contributed by atoms with Gasteiger partial charge >= 0.3 is 0 Å². The summed E-state index contributed by atoms with van der Waals surface area (Å²) in [6.45, 7) is -0.317. The van der Waals surface area contributed by atoms with Crippen molar-refractivity contribution in [1.82, 2.24) is 10.7 Å². The van der Waals surface area contributed by atoms with E-state index in [1.165, 1.54) is 23.7 Å². The Morgan fingerprint density at radius 2 is 1.94 bits per heavy atom. The van der Waals surface area contributed by atoms with Crippen LogP contribution in [0.1, 0.15) is 15.2 Å². The number of amides is 2. The number of carbonyl (C=O) groups excluding carboxylic acids is 2. The zero-order valence-corrected chi connectivity index (χ0v) is 18.0. The number of thiophene rings is 1. The minimum absolute atomic E-state index is 0.135. The van der Waals surface area contributed by atoms with Crippen LogP contribution in [0.15, 0.2) is 63.0 Å². The molecule has 0 unspecified atom stereocenters. The maximum absolute atomic E-state index is 12.4. The predicted octanol–water partition coefficient (Wildman–Crippen LogP) is 4.19. The predicted molar refractivity (Wildman–Crippen MR) is 122 cm³/mol. The summed E-state index contributed by atoms with van der Waals surface area (Å²) in [6.07, 6.45) is 2.40. The van der Waals surface area contributed by atoms with E-state index in [-0.39, 0.29) is 17.5 Å². The van der Waals surface area contributed by atoms with Gasteiger partial charge in [0.25, 0.3) is 11.8 Å². The van der Waals surface area contributed by atoms with E-state index in [1.807, 2.05) is 24.3 Å². The van der Waals surface area contributed by atoms with E-state index in [1.54, 1.807) is 12.1 Å². The van der Waals surface area contributed by atoms with E-state index in [2.05, 4.69) is 15.8 Å². The fourth-order valence-electron chi connectivity index (χ4n) is 2.82. The lowest BCUT2D eigenvalue weighted by molar-refractivity contribution is -0.120. The Bertz CT molecular complexity index is 1410. The first-order chi connectivity index (χ1) is 14.9. The number of fused-ring (bicyclic) bond motifs is 2. The molecule has 0 aliphatic rings. The van der Waals surface area contributed by atoms with Gasteiger partial charge in [0.15, 0.2) is 0 Å². The largest absolute Gasteiger partial charge is 0.463 e. The van der Waals surface area contributed by atoms with Crippen LogP contribution in [0.2, 0.25) is 10.0 Å². The normalized spacial score (nSPS) is 11.3. The van der Waals surface area contributed by atoms with Gasteiger partial charge in [-0.25, -0.2) is 5.43 Å². The molecule has 2 aromatic carbocycles. The van der Waals surface area contributed by atoms with Gasteiger partial charge in [-0.3, -0.25) is 14.4 Å². The van der Waals surface area contributed by atoms with Crippen molar-refractivity contribution in [2.24, 2.45) is 5.10 Å². The Balaban J connectivity index is 1.38. The van der Waals surface area contributed by atoms with Gasteiger partial charge in [-0.15, -0.1) is 11.3 Å². The van der Waals surface area contributed by atoms with Crippen molar-refractivity contribution in [1.29, 1.82) is 0 Å². The summed E-state index contributed by atoms with van der Waals surface area (Å²) in [5, 5.41) is 8.07. The molecule has 2 N–H and O–H groups in total. The lowest BCUT2D eigenvalue weighted by Gasteiger charge is -2.03. The molecule has 4 rings (SSSR count). The monoisotopic (exact) mass is 473 g/mol. The highest BCUT2D eigenvalue weighted by Crippen LogP contribution is 2.34. The molecule has 0 radical (unpaired) electrons. The molecule has 31 heavy (non-hydrogen) atoms. The zero-order valence-electron chi connectivity index (χ0n) is 15.6. The van der Waals surface area contributed by atoms with Crippen molar-refractivity contribution in [2.45, 2.75) is 0 Å². The average Bonchev–Trinajstić information content (AvgIpc) is 3.11. The highest BCUT2D eigenvalue weighted by atomic mass is 35.5. The summed E-state index contributed by atoms with van der Waals surface area (Å²) in [5.41, 5.74) is 2.43. The number of carbonyl (C=O) groups is 2. The van der Waals surface area contributed by atoms with E-state index < -0.39 is 11.8 Å². The van der Waals surface area contributed by atoms with Crippen LogP contribution in [-0.4, -0.2) is 24.6 Å². The van der Waals surface area contributed by atoms with Crippen molar-refractivity contribution in [3.63, 3.8) is 0 Å². The number of hydrogen-bond donors (Lipinski definition) is 2. The second-order valence-electron chi connectivity index (χ2n) is 6.38. The molecule has 0 saturated carbocycles. The Morgan fingerprint density at radius 1 is 1.13 bits per heavy atom. The molecule has 2 amide bonds. The van der Waals surface area contributed by atoms with Crippen molar-refractivity contribution in [3.05, 3.63) is 79.4 Å². The smallest absolute Gasteiger partial charge is 0.263 e. The average molecular weight is 474 g/mol. The molecule has 0 atom stereocenters. The minimum Gasteiger partial charge on any atom is -0.463 e. The van der Waals surface area contributed by atoms with Crippen molar-refractivity contribution in [3.8, 4) is 0 Å². The van der Waals surface area contributed by atoms with E-state index >= 15 is 0 Å². The molecule has 4 aromatic rings. The summed E-state index contributed by atoms with van der Waals surface area (Å²) in [5.74, 6) is -1.03. The van der Waals surface area contributed by atoms with Gasteiger partial charge in [-0.05, 0) is 24.3 Å². The van der Waals surface area contributed by atoms with Crippen molar-refractivity contribution >= 4 is 73.6 Å². The number of rotatable bonds is 5. The molecule has 2 heterocycles. The Morgan fingerprint density at radius 3 is 2.74 bits per heavy atom. The number of nitrogens with one attached hydrogen (secondary N) is 2. The van der Waals surface area contributed by atoms with Gasteiger partial charge < -0.3 is 9.73 Å². The third-order valence-corrected chi connectivity index (χ3v) is 6.21. The molecule has 0 fully saturated rings. The van der Waals surface area contributed by atoms with E-state index in [9.17, 15) is 14.4 Å². The quantitative estimate of drug-likeness (QED) is 0.335. The Kier molecular flexibility index (Phi) is 6.03. The molecule has 2 aromatic heterocycles. The van der Waals surface area contributed by atoms with Gasteiger partial charge in [0.05, 0.1) is 28.7 Å². The second kappa shape index (κ2) is 8.89. The molecular weight excluding hydrogens is 461 g/mol. The summed E-state index contributed by atoms with van der Waals surface area (Å²) in [6, 6.07) is 12.1. The summed E-state index contributed by atoms with van der Waals surface area (Å²) in [7, 11) is 0. The fourth-order valence-corrected chi connectivity index (χ4v) is 4.43. The maximum atomic E-state index is 12.4. The number of nitrogens with zero attached hydrogens (tertiary/aromatic N) is 1. The zero-order chi connectivity index (χ0) is 22.0. The standard InChI is InChI=1S/C21H13Cl2N3O4S/c22-12-5-6-15-14(7-12)19(28)11(10-30-15)8-25-26-17(27)9-24-21(29)20-18(23)13-3-1-2-4-16(13)31-20/h1-8,10H,9H2,(H,24,29)(H,26,27). The van der Waals surface area contributed by atoms with E-state index in [4.69, 9.17) is 27.6 Å². The molecule has 7 nitrogen and oxygen atoms in total. The summed E-state index contributed by atoms with van der Waals surface area (Å²) >= 11 is 13.4. The third-order valence-electron chi connectivity index (χ3n) is 4.30. The summed E-state index contributed by atoms with van der Waals surface area (Å²) < 4.78 is 6.25. The first-order valence-electron chi connectivity index (χ1n) is 8.92. The minimum atomic E-state index is -0.574. The number of hydrogen-bond acceptors (Lipinski definition) is 6. The number of halogens is 2. The Hall–Kier alpha value is -3.20. The van der Waals surface area contributed by atoms with Gasteiger partial charge in [-0.2, -0.15) is 5.10 Å². The molecule has 10 heteroatoms. The lowest BCUT2D eigenvalue weighted by Crippen LogP contribution is -2.34. The molecular formula is C21H13Cl2N3O4S. The molecule has 0 bridgehead atoms. The molecule has 0 aliphatic heterocycles. The van der Waals surface area contributed by atoms with Crippen LogP contribution in [0.5, 0.6) is 0 Å². The SMILES string of the molecule is O=C(CNC(=O)c1sc2ccccc2c1Cl)NN=Cc1coc2ccc(Cl)cc2c1=O. The van der Waals surface area contributed by atoms with E-state index in [0.717, 1.165) is 16.3 Å². The van der Waals surface area contributed by atoms with Crippen molar-refractivity contribution < 1.29 is 14.0 Å². The summed E-state index contributed by atoms with van der Waals surface area (Å²) in [4.78, 5) is 37.1.